The predicted molar refractivity (Wildman–Crippen MR) is 56.6 cm³/mol. The number of aromatic nitrogens is 2. The van der Waals surface area contributed by atoms with Crippen molar-refractivity contribution in [2.24, 2.45) is 7.05 Å². The molecule has 0 aliphatic heterocycles. The van der Waals surface area contributed by atoms with Crippen LogP contribution in [0.15, 0.2) is 27.9 Å². The summed E-state index contributed by atoms with van der Waals surface area (Å²) >= 11 is 0. The Morgan fingerprint density at radius 2 is 2.07 bits per heavy atom. The Kier molecular flexibility index (Phi) is 2.13. The van der Waals surface area contributed by atoms with Crippen LogP contribution in [0.5, 0.6) is 0 Å². The fraction of sp³-hybridized carbons (Fsp3) is 0.125. The van der Waals surface area contributed by atoms with Crippen molar-refractivity contribution in [1.29, 1.82) is 0 Å². The Labute approximate surface area is 89.7 Å². The van der Waals surface area contributed by atoms with Crippen molar-refractivity contribution in [3.63, 3.8) is 0 Å². The third-order valence-corrected chi connectivity index (χ3v) is 3.51. The van der Waals surface area contributed by atoms with E-state index in [4.69, 9.17) is 10.7 Å². The second kappa shape index (κ2) is 3.11. The average molecular weight is 247 g/mol. The van der Waals surface area contributed by atoms with Crippen molar-refractivity contribution >= 4 is 30.8 Å². The number of H-pyrrole nitrogens is 1. The first-order valence-electron chi connectivity index (χ1n) is 4.03. The lowest BCUT2D eigenvalue weighted by molar-refractivity contribution is 0.609. The predicted octanol–water partition coefficient (Wildman–Crippen LogP) is 0.794. The highest BCUT2D eigenvalue weighted by Crippen LogP contribution is 2.19. The van der Waals surface area contributed by atoms with E-state index in [9.17, 15) is 13.2 Å². The molecular weight excluding hydrogens is 240 g/mol. The molecule has 15 heavy (non-hydrogen) atoms. The minimum absolute atomic E-state index is 0.0292. The summed E-state index contributed by atoms with van der Waals surface area (Å²) in [5, 5.41) is 0. The Bertz CT molecular complexity index is 683. The minimum Gasteiger partial charge on any atom is -0.306 e. The first-order chi connectivity index (χ1) is 6.89. The molecule has 0 fully saturated rings. The van der Waals surface area contributed by atoms with Crippen molar-refractivity contribution in [2.45, 2.75) is 4.90 Å². The van der Waals surface area contributed by atoms with Crippen LogP contribution in [0.25, 0.3) is 11.0 Å². The van der Waals surface area contributed by atoms with Gasteiger partial charge in [0.25, 0.3) is 9.05 Å². The second-order valence-electron chi connectivity index (χ2n) is 3.11. The molecule has 1 aromatic heterocycles. The van der Waals surface area contributed by atoms with Gasteiger partial charge in [0.2, 0.25) is 0 Å². The number of hydrogen-bond acceptors (Lipinski definition) is 3. The largest absolute Gasteiger partial charge is 0.326 e. The number of rotatable bonds is 1. The van der Waals surface area contributed by atoms with E-state index in [-0.39, 0.29) is 10.6 Å². The summed E-state index contributed by atoms with van der Waals surface area (Å²) in [6.07, 6.45) is 0. The van der Waals surface area contributed by atoms with Gasteiger partial charge in [-0.05, 0) is 18.2 Å². The highest BCUT2D eigenvalue weighted by atomic mass is 35.7. The molecule has 7 heteroatoms. The van der Waals surface area contributed by atoms with Crippen molar-refractivity contribution in [3.8, 4) is 0 Å². The molecule has 0 unspecified atom stereocenters. The third-order valence-electron chi connectivity index (χ3n) is 2.16. The summed E-state index contributed by atoms with van der Waals surface area (Å²) in [5.74, 6) is 0. The van der Waals surface area contributed by atoms with Gasteiger partial charge in [0.05, 0.1) is 15.9 Å². The van der Waals surface area contributed by atoms with Crippen molar-refractivity contribution in [2.75, 3.05) is 0 Å². The van der Waals surface area contributed by atoms with Crippen molar-refractivity contribution in [3.05, 3.63) is 28.7 Å². The van der Waals surface area contributed by atoms with E-state index < -0.39 is 9.05 Å². The smallest absolute Gasteiger partial charge is 0.306 e. The molecular formula is C8H7ClN2O3S. The molecule has 0 aliphatic rings. The quantitative estimate of drug-likeness (QED) is 0.757. The number of nitrogens with one attached hydrogen (secondary N) is 1. The van der Waals surface area contributed by atoms with Gasteiger partial charge >= 0.3 is 5.69 Å². The number of halogens is 1. The molecule has 0 amide bonds. The highest BCUT2D eigenvalue weighted by Gasteiger charge is 2.12. The number of hydrogen-bond donors (Lipinski definition) is 1. The first-order valence-corrected chi connectivity index (χ1v) is 6.34. The van der Waals surface area contributed by atoms with Crippen LogP contribution in [0.4, 0.5) is 0 Å². The van der Waals surface area contributed by atoms with Gasteiger partial charge in [-0.15, -0.1) is 0 Å². The van der Waals surface area contributed by atoms with Gasteiger partial charge < -0.3 is 4.98 Å². The number of imidazole rings is 1. The van der Waals surface area contributed by atoms with E-state index in [0.717, 1.165) is 0 Å². The number of benzene rings is 1. The molecule has 1 N–H and O–H groups in total. The summed E-state index contributed by atoms with van der Waals surface area (Å²) < 4.78 is 23.5. The van der Waals surface area contributed by atoms with Crippen LogP contribution in [-0.4, -0.2) is 18.0 Å². The number of aryl methyl sites for hydroxylation is 1. The lowest BCUT2D eigenvalue weighted by Crippen LogP contribution is -2.11. The second-order valence-corrected chi connectivity index (χ2v) is 5.67. The van der Waals surface area contributed by atoms with Gasteiger partial charge in [-0.1, -0.05) is 0 Å². The molecule has 0 radical (unpaired) electrons. The normalized spacial score (nSPS) is 12.1. The van der Waals surface area contributed by atoms with E-state index in [1.165, 1.54) is 22.8 Å². The lowest BCUT2D eigenvalue weighted by atomic mass is 10.3. The van der Waals surface area contributed by atoms with Gasteiger partial charge in [-0.2, -0.15) is 0 Å². The molecule has 80 valence electrons. The van der Waals surface area contributed by atoms with E-state index in [2.05, 4.69) is 4.98 Å². The minimum atomic E-state index is -3.76. The molecule has 0 atom stereocenters. The molecule has 1 aromatic carbocycles. The summed E-state index contributed by atoms with van der Waals surface area (Å²) in [6.45, 7) is 0. The molecule has 0 spiro atoms. The topological polar surface area (TPSA) is 71.9 Å². The zero-order valence-electron chi connectivity index (χ0n) is 7.69. The third kappa shape index (κ3) is 1.66. The van der Waals surface area contributed by atoms with Crippen LogP contribution in [0.3, 0.4) is 0 Å². The number of nitrogens with zero attached hydrogens (tertiary/aromatic N) is 1. The maximum Gasteiger partial charge on any atom is 0.326 e. The van der Waals surface area contributed by atoms with E-state index in [1.54, 1.807) is 7.05 Å². The van der Waals surface area contributed by atoms with Crippen LogP contribution in [0.1, 0.15) is 0 Å². The molecule has 2 aromatic rings. The van der Waals surface area contributed by atoms with Crippen LogP contribution in [0.2, 0.25) is 0 Å². The van der Waals surface area contributed by atoms with Crippen LogP contribution in [-0.2, 0) is 16.1 Å². The Morgan fingerprint density at radius 3 is 2.67 bits per heavy atom. The molecule has 5 nitrogen and oxygen atoms in total. The first kappa shape index (κ1) is 10.3. The number of aromatic amines is 1. The van der Waals surface area contributed by atoms with Gasteiger partial charge in [0, 0.05) is 17.7 Å². The highest BCUT2D eigenvalue weighted by molar-refractivity contribution is 8.13. The van der Waals surface area contributed by atoms with E-state index >= 15 is 0 Å². The van der Waals surface area contributed by atoms with E-state index in [0.29, 0.717) is 11.0 Å². The summed E-state index contributed by atoms with van der Waals surface area (Å²) in [4.78, 5) is 13.7. The number of fused-ring (bicyclic) bond motifs is 1. The van der Waals surface area contributed by atoms with Gasteiger partial charge in [0.1, 0.15) is 0 Å². The van der Waals surface area contributed by atoms with Crippen LogP contribution in [0, 0.1) is 0 Å². The summed E-state index contributed by atoms with van der Waals surface area (Å²) in [7, 11) is 3.02. The van der Waals surface area contributed by atoms with Crippen LogP contribution < -0.4 is 5.69 Å². The van der Waals surface area contributed by atoms with Crippen LogP contribution >= 0.6 is 10.7 Å². The SMILES string of the molecule is Cn1c(=O)[nH]c2cc(S(=O)(=O)Cl)ccc21. The molecule has 1 heterocycles. The molecule has 0 bridgehead atoms. The zero-order chi connectivity index (χ0) is 11.2. The fourth-order valence-electron chi connectivity index (χ4n) is 1.37. The Hall–Kier alpha value is -1.27. The monoisotopic (exact) mass is 246 g/mol. The molecule has 2 rings (SSSR count). The maximum absolute atomic E-state index is 11.2. The summed E-state index contributed by atoms with van der Waals surface area (Å²) in [5.41, 5.74) is 0.780. The fourth-order valence-corrected chi connectivity index (χ4v) is 2.15. The van der Waals surface area contributed by atoms with Gasteiger partial charge in [-0.25, -0.2) is 13.2 Å². The summed E-state index contributed by atoms with van der Waals surface area (Å²) in [6, 6.07) is 4.22. The maximum atomic E-state index is 11.2. The molecule has 0 saturated carbocycles. The standard InChI is InChI=1S/C8H7ClN2O3S/c1-11-7-3-2-5(15(9,13)14)4-6(7)10-8(11)12/h2-4H,1H3,(H,10,12). The van der Waals surface area contributed by atoms with Crippen molar-refractivity contribution in [1.82, 2.24) is 9.55 Å². The molecule has 0 saturated heterocycles. The van der Waals surface area contributed by atoms with E-state index in [1.807, 2.05) is 0 Å². The zero-order valence-corrected chi connectivity index (χ0v) is 9.26. The average Bonchev–Trinajstić information content (AvgIpc) is 2.41. The Balaban J connectivity index is 2.84. The van der Waals surface area contributed by atoms with Gasteiger partial charge in [-0.3, -0.25) is 4.57 Å². The molecule has 0 aliphatic carbocycles. The van der Waals surface area contributed by atoms with Gasteiger partial charge in [0.15, 0.2) is 0 Å². The van der Waals surface area contributed by atoms with Crippen molar-refractivity contribution < 1.29 is 8.42 Å². The lowest BCUT2D eigenvalue weighted by Gasteiger charge is -1.96. The Morgan fingerprint density at radius 1 is 1.40 bits per heavy atom.